The quantitative estimate of drug-likeness (QED) is 0.418. The number of nitrogens with zero attached hydrogens (tertiary/aromatic N) is 3. The summed E-state index contributed by atoms with van der Waals surface area (Å²) in [6.07, 6.45) is 0. The van der Waals surface area contributed by atoms with Gasteiger partial charge in [0.2, 0.25) is 17.8 Å². The van der Waals surface area contributed by atoms with E-state index in [1.54, 1.807) is 6.92 Å². The van der Waals surface area contributed by atoms with E-state index >= 15 is 0 Å². The minimum Gasteiger partial charge on any atom is -0.368 e. The maximum Gasteiger partial charge on any atom is 0.296 e. The summed E-state index contributed by atoms with van der Waals surface area (Å²) in [7, 11) is -9.31. The van der Waals surface area contributed by atoms with Gasteiger partial charge >= 0.3 is 0 Å². The molecule has 25 heavy (non-hydrogen) atoms. The van der Waals surface area contributed by atoms with Crippen LogP contribution in [0.5, 0.6) is 0 Å². The summed E-state index contributed by atoms with van der Waals surface area (Å²) in [5.41, 5.74) is 5.14. The molecule has 0 aliphatic carbocycles. The molecule has 0 spiro atoms. The van der Waals surface area contributed by atoms with Crippen LogP contribution in [0.25, 0.3) is 0 Å². The second-order valence-corrected chi connectivity index (χ2v) is 7.42. The number of nitrogen functional groups attached to an aromatic ring is 1. The van der Waals surface area contributed by atoms with Crippen molar-refractivity contribution in [1.82, 2.24) is 15.0 Å². The van der Waals surface area contributed by atoms with Crippen molar-refractivity contribution in [2.45, 2.75) is 16.7 Å². The van der Waals surface area contributed by atoms with E-state index in [9.17, 15) is 21.4 Å². The lowest BCUT2D eigenvalue weighted by molar-refractivity contribution is 0.479. The number of nitrogens with one attached hydrogen (secondary N) is 2. The minimum absolute atomic E-state index is 0.0943. The summed E-state index contributed by atoms with van der Waals surface area (Å²) in [4.78, 5) is 10.2. The molecule has 0 radical (unpaired) electrons. The third-order valence-corrected chi connectivity index (χ3v) is 4.52. The van der Waals surface area contributed by atoms with E-state index in [0.717, 1.165) is 18.2 Å². The lowest BCUT2D eigenvalue weighted by Crippen LogP contribution is -2.11. The highest BCUT2D eigenvalue weighted by atomic mass is 32.2. The van der Waals surface area contributed by atoms with Gasteiger partial charge in [0.1, 0.15) is 4.90 Å². The van der Waals surface area contributed by atoms with Gasteiger partial charge in [-0.25, -0.2) is 0 Å². The summed E-state index contributed by atoms with van der Waals surface area (Å²) in [6, 6.07) is 2.41. The lowest BCUT2D eigenvalue weighted by Gasteiger charge is -2.11. The number of hydrogen-bond acceptors (Lipinski definition) is 10. The van der Waals surface area contributed by atoms with E-state index in [4.69, 9.17) is 10.3 Å². The van der Waals surface area contributed by atoms with Crippen LogP contribution >= 0.6 is 0 Å². The summed E-state index contributed by atoms with van der Waals surface area (Å²) in [5, 5.41) is 5.20. The summed E-state index contributed by atoms with van der Waals surface area (Å²) >= 11 is 0. The molecule has 0 aliphatic heterocycles. The number of rotatable bonds is 6. The zero-order valence-electron chi connectivity index (χ0n) is 12.7. The molecule has 14 heteroatoms. The fourth-order valence-electron chi connectivity index (χ4n) is 1.80. The van der Waals surface area contributed by atoms with Crippen molar-refractivity contribution in [3.8, 4) is 0 Å². The van der Waals surface area contributed by atoms with Gasteiger partial charge in [-0.05, 0) is 25.1 Å². The van der Waals surface area contributed by atoms with E-state index in [2.05, 4.69) is 25.6 Å². The van der Waals surface area contributed by atoms with E-state index in [-0.39, 0.29) is 23.5 Å². The average molecular weight is 390 g/mol. The summed E-state index contributed by atoms with van der Waals surface area (Å²) in [6.45, 7) is 2.25. The molecule has 1 aromatic carbocycles. The molecule has 0 fully saturated rings. The van der Waals surface area contributed by atoms with Gasteiger partial charge < -0.3 is 16.4 Å². The second-order valence-electron chi connectivity index (χ2n) is 4.60. The molecular formula is C11H14N6O6S2. The third kappa shape index (κ3) is 4.72. The van der Waals surface area contributed by atoms with Crippen molar-refractivity contribution in [2.75, 3.05) is 22.9 Å². The molecule has 0 saturated heterocycles. The summed E-state index contributed by atoms with van der Waals surface area (Å²) in [5.74, 6) is -0.300. The van der Waals surface area contributed by atoms with Crippen LogP contribution in [0.2, 0.25) is 0 Å². The molecule has 0 bridgehead atoms. The largest absolute Gasteiger partial charge is 0.368 e. The minimum atomic E-state index is -4.70. The van der Waals surface area contributed by atoms with Gasteiger partial charge in [0.25, 0.3) is 20.2 Å². The Balaban J connectivity index is 2.57. The molecule has 2 rings (SSSR count). The first kappa shape index (κ1) is 18.8. The Morgan fingerprint density at radius 2 is 1.68 bits per heavy atom. The van der Waals surface area contributed by atoms with Crippen molar-refractivity contribution in [1.29, 1.82) is 0 Å². The molecule has 0 amide bonds. The molecule has 6 N–H and O–H groups in total. The van der Waals surface area contributed by atoms with Crippen LogP contribution in [0.4, 0.5) is 23.5 Å². The van der Waals surface area contributed by atoms with E-state index in [1.807, 2.05) is 0 Å². The fraction of sp³-hybridized carbons (Fsp3) is 0.182. The first-order chi connectivity index (χ1) is 11.5. The first-order valence-electron chi connectivity index (χ1n) is 6.62. The van der Waals surface area contributed by atoms with Crippen LogP contribution in [0.15, 0.2) is 28.0 Å². The maximum absolute atomic E-state index is 11.5. The Morgan fingerprint density at radius 1 is 1.04 bits per heavy atom. The molecule has 0 aliphatic rings. The topological polar surface area (TPSA) is 197 Å². The lowest BCUT2D eigenvalue weighted by atomic mass is 10.3. The number of hydrogen-bond donors (Lipinski definition) is 5. The highest BCUT2D eigenvalue weighted by molar-refractivity contribution is 7.86. The number of nitrogens with two attached hydrogens (primary N) is 1. The van der Waals surface area contributed by atoms with Gasteiger partial charge in [0, 0.05) is 6.54 Å². The van der Waals surface area contributed by atoms with Gasteiger partial charge in [-0.1, -0.05) is 0 Å². The van der Waals surface area contributed by atoms with Crippen LogP contribution in [-0.2, 0) is 20.2 Å². The number of aromatic nitrogens is 3. The van der Waals surface area contributed by atoms with Crippen molar-refractivity contribution >= 4 is 43.8 Å². The average Bonchev–Trinajstić information content (AvgIpc) is 2.44. The summed E-state index contributed by atoms with van der Waals surface area (Å²) < 4.78 is 63.7. The molecule has 2 aromatic rings. The number of anilines is 4. The SMILES string of the molecule is CCNc1nc(N)nc(Nc2cc(S(=O)(=O)O)ccc2S(=O)(=O)O)n1. The van der Waals surface area contributed by atoms with Gasteiger partial charge in [-0.3, -0.25) is 9.11 Å². The Bertz CT molecular complexity index is 1010. The van der Waals surface area contributed by atoms with Crippen molar-refractivity contribution in [3.63, 3.8) is 0 Å². The van der Waals surface area contributed by atoms with Crippen molar-refractivity contribution in [2.24, 2.45) is 0 Å². The van der Waals surface area contributed by atoms with Gasteiger partial charge in [-0.15, -0.1) is 0 Å². The Morgan fingerprint density at radius 3 is 2.24 bits per heavy atom. The van der Waals surface area contributed by atoms with Crippen molar-refractivity contribution < 1.29 is 25.9 Å². The van der Waals surface area contributed by atoms with E-state index in [0.29, 0.717) is 6.54 Å². The fourth-order valence-corrected chi connectivity index (χ4v) is 2.93. The van der Waals surface area contributed by atoms with Crippen molar-refractivity contribution in [3.05, 3.63) is 18.2 Å². The molecule has 1 heterocycles. The normalized spacial score (nSPS) is 12.0. The van der Waals surface area contributed by atoms with Gasteiger partial charge in [0.15, 0.2) is 0 Å². The standard InChI is InChI=1S/C11H14N6O6S2/c1-2-13-10-15-9(12)16-11(17-10)14-7-5-6(24(18,19)20)3-4-8(7)25(21,22)23/h3-5H,2H2,1H3,(H,18,19,20)(H,21,22,23)(H4,12,13,14,15,16,17). The highest BCUT2D eigenvalue weighted by Gasteiger charge is 2.20. The smallest absolute Gasteiger partial charge is 0.296 e. The molecule has 0 unspecified atom stereocenters. The molecule has 12 nitrogen and oxygen atoms in total. The highest BCUT2D eigenvalue weighted by Crippen LogP contribution is 2.27. The van der Waals surface area contributed by atoms with Crippen LogP contribution in [0, 0.1) is 0 Å². The second kappa shape index (κ2) is 6.75. The molecule has 1 aromatic heterocycles. The van der Waals surface area contributed by atoms with Gasteiger partial charge in [0.05, 0.1) is 10.6 Å². The van der Waals surface area contributed by atoms with Gasteiger partial charge in [-0.2, -0.15) is 31.8 Å². The Labute approximate surface area is 143 Å². The molecular weight excluding hydrogens is 376 g/mol. The molecule has 0 saturated carbocycles. The maximum atomic E-state index is 11.5. The van der Waals surface area contributed by atoms with E-state index in [1.165, 1.54) is 0 Å². The Kier molecular flexibility index (Phi) is 5.07. The zero-order valence-corrected chi connectivity index (χ0v) is 14.3. The predicted octanol–water partition coefficient (Wildman–Crippen LogP) is 0.123. The Hall–Kier alpha value is -2.55. The molecule has 0 atom stereocenters. The third-order valence-electron chi connectivity index (χ3n) is 2.76. The van der Waals surface area contributed by atoms with Crippen LogP contribution in [0.3, 0.4) is 0 Å². The molecule has 136 valence electrons. The first-order valence-corrected chi connectivity index (χ1v) is 9.50. The van der Waals surface area contributed by atoms with Crippen LogP contribution in [-0.4, -0.2) is 47.4 Å². The number of benzene rings is 1. The van der Waals surface area contributed by atoms with Crippen LogP contribution < -0.4 is 16.4 Å². The zero-order chi connectivity index (χ0) is 18.8. The van der Waals surface area contributed by atoms with E-state index < -0.39 is 30.0 Å². The van der Waals surface area contributed by atoms with Crippen LogP contribution in [0.1, 0.15) is 6.92 Å². The predicted molar refractivity (Wildman–Crippen MR) is 87.8 cm³/mol. The monoisotopic (exact) mass is 390 g/mol.